The Balaban J connectivity index is 2.68. The lowest BCUT2D eigenvalue weighted by Crippen LogP contribution is -1.97. The van der Waals surface area contributed by atoms with E-state index in [1.165, 1.54) is 0 Å². The number of rotatable bonds is 1. The molecular weight excluding hydrogens is 222 g/mol. The highest BCUT2D eigenvalue weighted by Gasteiger charge is 2.14. The average Bonchev–Trinajstić information content (AvgIpc) is 2.50. The van der Waals surface area contributed by atoms with Gasteiger partial charge in [0.05, 0.1) is 10.7 Å². The molecule has 2 N–H and O–H groups in total. The molecule has 0 unspecified atom stereocenters. The van der Waals surface area contributed by atoms with Gasteiger partial charge >= 0.3 is 0 Å². The molecule has 0 aliphatic carbocycles. The van der Waals surface area contributed by atoms with E-state index in [1.807, 2.05) is 39.1 Å². The summed E-state index contributed by atoms with van der Waals surface area (Å²) >= 11 is 6.27. The molecule has 0 amide bonds. The summed E-state index contributed by atoms with van der Waals surface area (Å²) in [5, 5.41) is 5.13. The molecule has 0 atom stereocenters. The van der Waals surface area contributed by atoms with E-state index in [-0.39, 0.29) is 0 Å². The van der Waals surface area contributed by atoms with E-state index in [0.29, 0.717) is 5.82 Å². The van der Waals surface area contributed by atoms with Gasteiger partial charge in [0.15, 0.2) is 0 Å². The lowest BCUT2D eigenvalue weighted by molar-refractivity contribution is 0.782. The van der Waals surface area contributed by atoms with Crippen molar-refractivity contribution in [3.63, 3.8) is 0 Å². The molecule has 0 bridgehead atoms. The fourth-order valence-electron chi connectivity index (χ4n) is 1.73. The Hall–Kier alpha value is -1.48. The zero-order chi connectivity index (χ0) is 11.9. The SMILES string of the molecule is Cc1cccc(-c2nn(C)c(N)c2C)c1Cl. The minimum absolute atomic E-state index is 0.674. The van der Waals surface area contributed by atoms with Crippen LogP contribution in [-0.2, 0) is 7.05 Å². The zero-order valence-electron chi connectivity index (χ0n) is 9.58. The van der Waals surface area contributed by atoms with Gasteiger partial charge in [0, 0.05) is 18.2 Å². The Bertz CT molecular complexity index is 543. The highest BCUT2D eigenvalue weighted by Crippen LogP contribution is 2.33. The lowest BCUT2D eigenvalue weighted by atomic mass is 10.1. The van der Waals surface area contributed by atoms with Crippen molar-refractivity contribution >= 4 is 17.4 Å². The smallest absolute Gasteiger partial charge is 0.124 e. The molecule has 3 nitrogen and oxygen atoms in total. The average molecular weight is 236 g/mol. The number of nitrogen functional groups attached to an aromatic ring is 1. The van der Waals surface area contributed by atoms with Crippen LogP contribution in [0.2, 0.25) is 5.02 Å². The highest BCUT2D eigenvalue weighted by molar-refractivity contribution is 6.34. The minimum Gasteiger partial charge on any atom is -0.384 e. The van der Waals surface area contributed by atoms with E-state index < -0.39 is 0 Å². The van der Waals surface area contributed by atoms with Crippen LogP contribution in [0.4, 0.5) is 5.82 Å². The first-order valence-corrected chi connectivity index (χ1v) is 5.44. The Morgan fingerprint density at radius 3 is 2.56 bits per heavy atom. The molecule has 0 saturated heterocycles. The standard InChI is InChI=1S/C12H14ClN3/c1-7-5-4-6-9(10(7)13)11-8(2)12(14)16(3)15-11/h4-6H,14H2,1-3H3. The summed E-state index contributed by atoms with van der Waals surface area (Å²) in [6.45, 7) is 3.93. The van der Waals surface area contributed by atoms with Gasteiger partial charge in [-0.25, -0.2) is 0 Å². The van der Waals surface area contributed by atoms with Crippen LogP contribution in [0.1, 0.15) is 11.1 Å². The summed E-state index contributed by atoms with van der Waals surface area (Å²) < 4.78 is 1.67. The first-order chi connectivity index (χ1) is 7.52. The van der Waals surface area contributed by atoms with Crippen molar-refractivity contribution in [1.29, 1.82) is 0 Å². The van der Waals surface area contributed by atoms with Crippen LogP contribution >= 0.6 is 11.6 Å². The Morgan fingerprint density at radius 2 is 2.00 bits per heavy atom. The van der Waals surface area contributed by atoms with Crippen LogP contribution in [0.25, 0.3) is 11.3 Å². The van der Waals surface area contributed by atoms with E-state index in [9.17, 15) is 0 Å². The summed E-state index contributed by atoms with van der Waals surface area (Å²) in [7, 11) is 1.83. The van der Waals surface area contributed by atoms with Gasteiger partial charge in [0.2, 0.25) is 0 Å². The van der Waals surface area contributed by atoms with Crippen molar-refractivity contribution in [2.45, 2.75) is 13.8 Å². The molecule has 1 aromatic heterocycles. The van der Waals surface area contributed by atoms with Crippen molar-refractivity contribution in [3.05, 3.63) is 34.3 Å². The number of nitrogens with zero attached hydrogens (tertiary/aromatic N) is 2. The second-order valence-corrected chi connectivity index (χ2v) is 4.30. The Labute approximate surface area is 99.8 Å². The molecule has 0 saturated carbocycles. The molecule has 2 rings (SSSR count). The third-order valence-electron chi connectivity index (χ3n) is 2.78. The first kappa shape index (κ1) is 11.0. The fraction of sp³-hybridized carbons (Fsp3) is 0.250. The quantitative estimate of drug-likeness (QED) is 0.826. The van der Waals surface area contributed by atoms with Crippen LogP contribution in [0.15, 0.2) is 18.2 Å². The fourth-order valence-corrected chi connectivity index (χ4v) is 1.94. The molecule has 0 aliphatic rings. The molecular formula is C12H14ClN3. The summed E-state index contributed by atoms with van der Waals surface area (Å²) in [6.07, 6.45) is 0. The summed E-state index contributed by atoms with van der Waals surface area (Å²) in [6, 6.07) is 5.92. The predicted molar refractivity (Wildman–Crippen MR) is 67.5 cm³/mol. The molecule has 0 fully saturated rings. The zero-order valence-corrected chi connectivity index (χ0v) is 10.3. The lowest BCUT2D eigenvalue weighted by Gasteiger charge is -2.04. The van der Waals surface area contributed by atoms with Crippen molar-refractivity contribution in [2.24, 2.45) is 7.05 Å². The molecule has 4 heteroatoms. The number of aryl methyl sites for hydroxylation is 2. The van der Waals surface area contributed by atoms with Crippen molar-refractivity contribution < 1.29 is 0 Å². The number of anilines is 1. The first-order valence-electron chi connectivity index (χ1n) is 5.07. The van der Waals surface area contributed by atoms with Gasteiger partial charge in [-0.3, -0.25) is 4.68 Å². The van der Waals surface area contributed by atoms with E-state index in [4.69, 9.17) is 17.3 Å². The van der Waals surface area contributed by atoms with Gasteiger partial charge in [-0.2, -0.15) is 5.10 Å². The second-order valence-electron chi connectivity index (χ2n) is 3.92. The minimum atomic E-state index is 0.674. The largest absolute Gasteiger partial charge is 0.384 e. The van der Waals surface area contributed by atoms with Gasteiger partial charge in [0.1, 0.15) is 5.82 Å². The molecule has 16 heavy (non-hydrogen) atoms. The maximum Gasteiger partial charge on any atom is 0.124 e. The third kappa shape index (κ3) is 1.57. The number of benzene rings is 1. The van der Waals surface area contributed by atoms with Crippen LogP contribution in [-0.4, -0.2) is 9.78 Å². The summed E-state index contributed by atoms with van der Waals surface area (Å²) in [5.41, 5.74) is 9.69. The maximum absolute atomic E-state index is 6.27. The van der Waals surface area contributed by atoms with Gasteiger partial charge in [-0.1, -0.05) is 29.8 Å². The van der Waals surface area contributed by atoms with Crippen LogP contribution in [0.3, 0.4) is 0 Å². The van der Waals surface area contributed by atoms with Crippen molar-refractivity contribution in [2.75, 3.05) is 5.73 Å². The van der Waals surface area contributed by atoms with E-state index in [2.05, 4.69) is 5.10 Å². The number of hydrogen-bond acceptors (Lipinski definition) is 2. The normalized spacial score (nSPS) is 10.8. The number of halogens is 1. The second kappa shape index (κ2) is 3.83. The number of nitrogens with two attached hydrogens (primary N) is 1. The van der Waals surface area contributed by atoms with Gasteiger partial charge in [0.25, 0.3) is 0 Å². The molecule has 1 heterocycles. The molecule has 2 aromatic rings. The van der Waals surface area contributed by atoms with Crippen LogP contribution < -0.4 is 5.73 Å². The van der Waals surface area contributed by atoms with Crippen molar-refractivity contribution in [1.82, 2.24) is 9.78 Å². The Morgan fingerprint density at radius 1 is 1.31 bits per heavy atom. The van der Waals surface area contributed by atoms with Crippen LogP contribution in [0, 0.1) is 13.8 Å². The summed E-state index contributed by atoms with van der Waals surface area (Å²) in [5.74, 6) is 0.674. The highest BCUT2D eigenvalue weighted by atomic mass is 35.5. The summed E-state index contributed by atoms with van der Waals surface area (Å²) in [4.78, 5) is 0. The molecule has 0 aliphatic heterocycles. The monoisotopic (exact) mass is 235 g/mol. The van der Waals surface area contributed by atoms with Gasteiger partial charge in [-0.15, -0.1) is 0 Å². The molecule has 0 spiro atoms. The van der Waals surface area contributed by atoms with E-state index in [0.717, 1.165) is 27.4 Å². The molecule has 1 aromatic carbocycles. The van der Waals surface area contributed by atoms with Gasteiger partial charge < -0.3 is 5.73 Å². The van der Waals surface area contributed by atoms with E-state index in [1.54, 1.807) is 4.68 Å². The molecule has 84 valence electrons. The van der Waals surface area contributed by atoms with E-state index >= 15 is 0 Å². The predicted octanol–water partition coefficient (Wildman–Crippen LogP) is 2.94. The maximum atomic E-state index is 6.27. The van der Waals surface area contributed by atoms with Crippen molar-refractivity contribution in [3.8, 4) is 11.3 Å². The van der Waals surface area contributed by atoms with Gasteiger partial charge in [-0.05, 0) is 19.4 Å². The molecule has 0 radical (unpaired) electrons. The van der Waals surface area contributed by atoms with Crippen LogP contribution in [0.5, 0.6) is 0 Å². The number of hydrogen-bond donors (Lipinski definition) is 1. The number of aromatic nitrogens is 2. The third-order valence-corrected chi connectivity index (χ3v) is 3.29. The Kier molecular flexibility index (Phi) is 2.64. The topological polar surface area (TPSA) is 43.8 Å².